The van der Waals surface area contributed by atoms with E-state index in [0.717, 1.165) is 84.5 Å². The van der Waals surface area contributed by atoms with Gasteiger partial charge in [-0.15, -0.1) is 0 Å². The van der Waals surface area contributed by atoms with Gasteiger partial charge in [-0.05, 0) is 84.6 Å². The maximum absolute atomic E-state index is 6.52. The van der Waals surface area contributed by atoms with Crippen LogP contribution in [-0.4, -0.2) is 19.5 Å². The molecule has 0 fully saturated rings. The Morgan fingerprint density at radius 3 is 1.98 bits per heavy atom. The molecule has 1 aliphatic rings. The zero-order chi connectivity index (χ0) is 37.5. The molecule has 6 heteroatoms. The number of benzene rings is 7. The van der Waals surface area contributed by atoms with Crippen LogP contribution in [0.1, 0.15) is 17.7 Å². The minimum atomic E-state index is 0.579. The quantitative estimate of drug-likeness (QED) is 0.176. The van der Waals surface area contributed by atoms with Crippen LogP contribution in [0.15, 0.2) is 173 Å². The van der Waals surface area contributed by atoms with Gasteiger partial charge in [0.05, 0.1) is 5.52 Å². The highest BCUT2D eigenvalue weighted by Gasteiger charge is 2.21. The first-order valence-electron chi connectivity index (χ1n) is 19.3. The summed E-state index contributed by atoms with van der Waals surface area (Å²) in [4.78, 5) is 15.4. The predicted octanol–water partition coefficient (Wildman–Crippen LogP) is 13.2. The molecule has 12 rings (SSSR count). The fourth-order valence-corrected chi connectivity index (χ4v) is 8.67. The molecule has 0 spiro atoms. The zero-order valence-electron chi connectivity index (χ0n) is 30.7. The summed E-state index contributed by atoms with van der Waals surface area (Å²) in [7, 11) is 0. The van der Waals surface area contributed by atoms with Crippen molar-refractivity contribution in [3.63, 3.8) is 0 Å². The normalized spacial score (nSPS) is 12.7. The average molecular weight is 733 g/mol. The number of nitrogens with zero attached hydrogens (tertiary/aromatic N) is 4. The van der Waals surface area contributed by atoms with Crippen LogP contribution in [0, 0.1) is 0 Å². The van der Waals surface area contributed by atoms with Crippen molar-refractivity contribution in [3.8, 4) is 51.0 Å². The number of para-hydroxylation sites is 2. The monoisotopic (exact) mass is 732 g/mol. The molecule has 0 bridgehead atoms. The van der Waals surface area contributed by atoms with Crippen LogP contribution in [0.5, 0.6) is 0 Å². The van der Waals surface area contributed by atoms with Crippen molar-refractivity contribution in [3.05, 3.63) is 175 Å². The minimum absolute atomic E-state index is 0.579. The Bertz CT molecular complexity index is 3410. The number of furan rings is 2. The molecule has 0 saturated heterocycles. The summed E-state index contributed by atoms with van der Waals surface area (Å²) in [6.07, 6.45) is 6.64. The summed E-state index contributed by atoms with van der Waals surface area (Å²) in [5, 5.41) is 5.32. The molecule has 0 aliphatic heterocycles. The Kier molecular flexibility index (Phi) is 6.95. The van der Waals surface area contributed by atoms with E-state index in [1.165, 1.54) is 27.8 Å². The maximum atomic E-state index is 6.52. The molecule has 4 heterocycles. The molecular weight excluding hydrogens is 701 g/mol. The predicted molar refractivity (Wildman–Crippen MR) is 230 cm³/mol. The summed E-state index contributed by atoms with van der Waals surface area (Å²) >= 11 is 0. The van der Waals surface area contributed by atoms with E-state index in [1.807, 2.05) is 72.8 Å². The molecule has 0 radical (unpaired) electrons. The highest BCUT2D eigenvalue weighted by atomic mass is 16.3. The molecule has 0 unspecified atom stereocenters. The van der Waals surface area contributed by atoms with Gasteiger partial charge >= 0.3 is 0 Å². The largest absolute Gasteiger partial charge is 0.456 e. The van der Waals surface area contributed by atoms with Gasteiger partial charge in [0, 0.05) is 60.6 Å². The third-order valence-electron chi connectivity index (χ3n) is 11.3. The summed E-state index contributed by atoms with van der Waals surface area (Å²) < 4.78 is 15.1. The van der Waals surface area contributed by atoms with E-state index in [2.05, 4.69) is 102 Å². The van der Waals surface area contributed by atoms with Crippen LogP contribution in [-0.2, 0) is 6.42 Å². The SMILES string of the molecule is C1=Cc2c(n(-c3ccccc3)c3cc(-c4ccc5oc6cccc(-c7nc(-c8ccccc8)nc(-c8ccc9oc%10ccccc%10c9c8)n7)c6c5c4)ccc23)CC1. The van der Waals surface area contributed by atoms with E-state index in [1.54, 1.807) is 0 Å². The number of aromatic nitrogens is 4. The fraction of sp³-hybridized carbons (Fsp3) is 0.0392. The second kappa shape index (κ2) is 12.5. The Morgan fingerprint density at radius 2 is 1.11 bits per heavy atom. The van der Waals surface area contributed by atoms with Gasteiger partial charge in [-0.25, -0.2) is 15.0 Å². The smallest absolute Gasteiger partial charge is 0.164 e. The van der Waals surface area contributed by atoms with Crippen molar-refractivity contribution in [2.24, 2.45) is 0 Å². The molecule has 0 atom stereocenters. The molecule has 11 aromatic rings. The summed E-state index contributed by atoms with van der Waals surface area (Å²) in [6.45, 7) is 0. The lowest BCUT2D eigenvalue weighted by Gasteiger charge is -2.13. The number of allylic oxidation sites excluding steroid dienone is 1. The van der Waals surface area contributed by atoms with E-state index in [-0.39, 0.29) is 0 Å². The Labute approximate surface area is 327 Å². The molecule has 0 N–H and O–H groups in total. The lowest BCUT2D eigenvalue weighted by atomic mass is 9.98. The fourth-order valence-electron chi connectivity index (χ4n) is 8.67. The molecule has 57 heavy (non-hydrogen) atoms. The lowest BCUT2D eigenvalue weighted by molar-refractivity contribution is 0.668. The van der Waals surface area contributed by atoms with Gasteiger partial charge in [0.1, 0.15) is 22.3 Å². The third kappa shape index (κ3) is 5.07. The van der Waals surface area contributed by atoms with Gasteiger partial charge in [0.25, 0.3) is 0 Å². The van der Waals surface area contributed by atoms with Crippen LogP contribution in [0.3, 0.4) is 0 Å². The highest BCUT2D eigenvalue weighted by molar-refractivity contribution is 6.13. The second-order valence-electron chi connectivity index (χ2n) is 14.7. The first-order valence-corrected chi connectivity index (χ1v) is 19.3. The molecule has 268 valence electrons. The van der Waals surface area contributed by atoms with Crippen LogP contribution in [0.2, 0.25) is 0 Å². The molecular formula is C51H32N4O2. The van der Waals surface area contributed by atoms with E-state index in [0.29, 0.717) is 17.5 Å². The number of hydrogen-bond acceptors (Lipinski definition) is 5. The number of fused-ring (bicyclic) bond motifs is 9. The van der Waals surface area contributed by atoms with Crippen molar-refractivity contribution in [1.82, 2.24) is 19.5 Å². The van der Waals surface area contributed by atoms with E-state index < -0.39 is 0 Å². The van der Waals surface area contributed by atoms with E-state index in [9.17, 15) is 0 Å². The molecule has 1 aliphatic carbocycles. The van der Waals surface area contributed by atoms with Crippen LogP contribution >= 0.6 is 0 Å². The van der Waals surface area contributed by atoms with Gasteiger partial charge in [-0.2, -0.15) is 0 Å². The maximum Gasteiger partial charge on any atom is 0.164 e. The summed E-state index contributed by atoms with van der Waals surface area (Å²) in [5.41, 5.74) is 13.3. The Balaban J connectivity index is 1.04. The van der Waals surface area contributed by atoms with Crippen molar-refractivity contribution >= 4 is 60.9 Å². The molecule has 6 nitrogen and oxygen atoms in total. The standard InChI is InChI=1S/C51H32N4O2/c1-3-12-31(13-4-1)49-52-50(34-24-27-45-40(29-34)38-17-8-10-20-44(38)56-45)54-51(53-49)39-18-11-21-47-48(39)41-28-32(23-26-46(41)57-47)33-22-25-37-36-16-7-9-19-42(36)55(43(37)30-33)35-14-5-2-6-15-35/h1-8,10-18,20-30H,9,19H2. The van der Waals surface area contributed by atoms with Crippen molar-refractivity contribution in [2.45, 2.75) is 12.8 Å². The summed E-state index contributed by atoms with van der Waals surface area (Å²) in [5.74, 6) is 1.77. The van der Waals surface area contributed by atoms with Gasteiger partial charge in [0.15, 0.2) is 17.5 Å². The number of rotatable bonds is 5. The molecule has 0 amide bonds. The van der Waals surface area contributed by atoms with Crippen molar-refractivity contribution in [2.75, 3.05) is 0 Å². The van der Waals surface area contributed by atoms with E-state index >= 15 is 0 Å². The average Bonchev–Trinajstić information content (AvgIpc) is 3.95. The van der Waals surface area contributed by atoms with Crippen LogP contribution in [0.4, 0.5) is 0 Å². The molecule has 7 aromatic carbocycles. The van der Waals surface area contributed by atoms with Crippen molar-refractivity contribution < 1.29 is 8.83 Å². The second-order valence-corrected chi connectivity index (χ2v) is 14.7. The van der Waals surface area contributed by atoms with Crippen LogP contribution in [0.25, 0.3) is 112 Å². The zero-order valence-corrected chi connectivity index (χ0v) is 30.7. The first-order chi connectivity index (χ1) is 28.2. The topological polar surface area (TPSA) is 69.9 Å². The summed E-state index contributed by atoms with van der Waals surface area (Å²) in [6, 6.07) is 54.5. The van der Waals surface area contributed by atoms with Gasteiger partial charge in [-0.1, -0.05) is 109 Å². The van der Waals surface area contributed by atoms with Gasteiger partial charge in [-0.3, -0.25) is 0 Å². The Hall–Kier alpha value is -7.57. The Morgan fingerprint density at radius 1 is 0.456 bits per heavy atom. The van der Waals surface area contributed by atoms with E-state index in [4.69, 9.17) is 23.8 Å². The first kappa shape index (κ1) is 31.7. The van der Waals surface area contributed by atoms with Crippen LogP contribution < -0.4 is 0 Å². The number of hydrogen-bond donors (Lipinski definition) is 0. The lowest BCUT2D eigenvalue weighted by Crippen LogP contribution is -2.02. The molecule has 0 saturated carbocycles. The minimum Gasteiger partial charge on any atom is -0.456 e. The molecule has 4 aromatic heterocycles. The highest BCUT2D eigenvalue weighted by Crippen LogP contribution is 2.41. The third-order valence-corrected chi connectivity index (χ3v) is 11.3. The van der Waals surface area contributed by atoms with Gasteiger partial charge in [0.2, 0.25) is 0 Å². The van der Waals surface area contributed by atoms with Crippen molar-refractivity contribution in [1.29, 1.82) is 0 Å². The van der Waals surface area contributed by atoms with Gasteiger partial charge < -0.3 is 13.4 Å².